The first-order valence-electron chi connectivity index (χ1n) is 5.00. The van der Waals surface area contributed by atoms with Crippen molar-refractivity contribution in [1.82, 2.24) is 4.98 Å². The van der Waals surface area contributed by atoms with Crippen molar-refractivity contribution in [2.45, 2.75) is 6.92 Å². The molecule has 0 bridgehead atoms. The van der Waals surface area contributed by atoms with E-state index in [0.29, 0.717) is 0 Å². The lowest BCUT2D eigenvalue weighted by molar-refractivity contribution is 1.29. The minimum Gasteiger partial charge on any atom is -0.373 e. The Morgan fingerprint density at radius 1 is 1.07 bits per heavy atom. The first-order chi connectivity index (χ1) is 7.29. The molecule has 1 aromatic carbocycles. The summed E-state index contributed by atoms with van der Waals surface area (Å²) in [5.74, 6) is 0.897. The Morgan fingerprint density at radius 3 is 2.60 bits per heavy atom. The van der Waals surface area contributed by atoms with Gasteiger partial charge in [0.2, 0.25) is 0 Å². The molecule has 0 radical (unpaired) electrons. The van der Waals surface area contributed by atoms with Crippen LogP contribution < -0.4 is 5.32 Å². The summed E-state index contributed by atoms with van der Waals surface area (Å²) in [4.78, 5) is 4.19. The second kappa shape index (κ2) is 4.13. The first-order valence-corrected chi connectivity index (χ1v) is 5.00. The standard InChI is InChI=1S/C13H14N2/c1-10-4-3-5-11(8-10)12-6-7-15-13(9-12)14-2/h3-9H,1-2H3,(H,14,15). The molecule has 2 rings (SSSR count). The molecule has 1 aromatic heterocycles. The van der Waals surface area contributed by atoms with Gasteiger partial charge in [0.15, 0.2) is 0 Å². The maximum Gasteiger partial charge on any atom is 0.126 e. The minimum absolute atomic E-state index is 0.897. The quantitative estimate of drug-likeness (QED) is 0.802. The third-order valence-corrected chi connectivity index (χ3v) is 2.37. The van der Waals surface area contributed by atoms with Crippen LogP contribution >= 0.6 is 0 Å². The SMILES string of the molecule is CNc1cc(-c2cccc(C)c2)ccn1. The van der Waals surface area contributed by atoms with E-state index in [1.807, 2.05) is 19.3 Å². The number of hydrogen-bond acceptors (Lipinski definition) is 2. The van der Waals surface area contributed by atoms with E-state index < -0.39 is 0 Å². The molecule has 0 amide bonds. The van der Waals surface area contributed by atoms with Gasteiger partial charge in [-0.3, -0.25) is 0 Å². The van der Waals surface area contributed by atoms with Gasteiger partial charge in [-0.2, -0.15) is 0 Å². The summed E-state index contributed by atoms with van der Waals surface area (Å²) in [7, 11) is 1.88. The summed E-state index contributed by atoms with van der Waals surface area (Å²) in [6.45, 7) is 2.10. The Morgan fingerprint density at radius 2 is 1.87 bits per heavy atom. The molecule has 2 heteroatoms. The van der Waals surface area contributed by atoms with Gasteiger partial charge in [-0.25, -0.2) is 4.98 Å². The van der Waals surface area contributed by atoms with E-state index in [2.05, 4.69) is 47.6 Å². The lowest BCUT2D eigenvalue weighted by atomic mass is 10.0. The molecule has 0 saturated heterocycles. The van der Waals surface area contributed by atoms with Gasteiger partial charge in [0.25, 0.3) is 0 Å². The molecule has 2 aromatic rings. The number of hydrogen-bond donors (Lipinski definition) is 1. The van der Waals surface area contributed by atoms with Crippen LogP contribution in [0.3, 0.4) is 0 Å². The molecule has 0 spiro atoms. The third kappa shape index (κ3) is 2.15. The fraction of sp³-hybridized carbons (Fsp3) is 0.154. The van der Waals surface area contributed by atoms with Gasteiger partial charge < -0.3 is 5.32 Å². The maximum atomic E-state index is 4.19. The van der Waals surface area contributed by atoms with Crippen molar-refractivity contribution in [2.75, 3.05) is 12.4 Å². The van der Waals surface area contributed by atoms with E-state index in [4.69, 9.17) is 0 Å². The number of pyridine rings is 1. The predicted molar refractivity (Wildman–Crippen MR) is 64.0 cm³/mol. The molecule has 2 nitrogen and oxygen atoms in total. The van der Waals surface area contributed by atoms with Crippen molar-refractivity contribution >= 4 is 5.82 Å². The largest absolute Gasteiger partial charge is 0.373 e. The number of aromatic nitrogens is 1. The van der Waals surface area contributed by atoms with Crippen molar-refractivity contribution in [2.24, 2.45) is 0 Å². The lowest BCUT2D eigenvalue weighted by Crippen LogP contribution is -1.91. The van der Waals surface area contributed by atoms with Crippen LogP contribution in [0.5, 0.6) is 0 Å². The Hall–Kier alpha value is -1.83. The zero-order valence-electron chi connectivity index (χ0n) is 8.99. The highest BCUT2D eigenvalue weighted by Crippen LogP contribution is 2.21. The van der Waals surface area contributed by atoms with Crippen LogP contribution in [0.1, 0.15) is 5.56 Å². The van der Waals surface area contributed by atoms with Crippen molar-refractivity contribution in [3.8, 4) is 11.1 Å². The monoisotopic (exact) mass is 198 g/mol. The van der Waals surface area contributed by atoms with Crippen LogP contribution in [0.25, 0.3) is 11.1 Å². The summed E-state index contributed by atoms with van der Waals surface area (Å²) >= 11 is 0. The first kappa shape index (κ1) is 9.71. The maximum absolute atomic E-state index is 4.19. The van der Waals surface area contributed by atoms with Crippen LogP contribution in [0.15, 0.2) is 42.6 Å². The molecule has 0 atom stereocenters. The number of anilines is 1. The molecule has 1 N–H and O–H groups in total. The Balaban J connectivity index is 2.44. The number of nitrogens with one attached hydrogen (secondary N) is 1. The number of benzene rings is 1. The summed E-state index contributed by atoms with van der Waals surface area (Å²) in [6.07, 6.45) is 1.82. The van der Waals surface area contributed by atoms with Gasteiger partial charge in [-0.15, -0.1) is 0 Å². The molecular weight excluding hydrogens is 184 g/mol. The molecule has 15 heavy (non-hydrogen) atoms. The molecule has 1 heterocycles. The van der Waals surface area contributed by atoms with E-state index in [0.717, 1.165) is 5.82 Å². The Bertz CT molecular complexity index is 464. The molecule has 0 saturated carbocycles. The summed E-state index contributed by atoms with van der Waals surface area (Å²) in [5.41, 5.74) is 3.70. The predicted octanol–water partition coefficient (Wildman–Crippen LogP) is 3.10. The van der Waals surface area contributed by atoms with E-state index in [1.54, 1.807) is 0 Å². The molecule has 0 unspecified atom stereocenters. The summed E-state index contributed by atoms with van der Waals surface area (Å²) < 4.78 is 0. The van der Waals surface area contributed by atoms with E-state index >= 15 is 0 Å². The molecule has 76 valence electrons. The van der Waals surface area contributed by atoms with Crippen LogP contribution in [-0.4, -0.2) is 12.0 Å². The van der Waals surface area contributed by atoms with E-state index in [9.17, 15) is 0 Å². The number of rotatable bonds is 2. The van der Waals surface area contributed by atoms with Crippen LogP contribution in [0.4, 0.5) is 5.82 Å². The average molecular weight is 198 g/mol. The highest BCUT2D eigenvalue weighted by atomic mass is 14.9. The summed E-state index contributed by atoms with van der Waals surface area (Å²) in [6, 6.07) is 12.5. The van der Waals surface area contributed by atoms with Crippen LogP contribution in [0.2, 0.25) is 0 Å². The number of nitrogens with zero attached hydrogens (tertiary/aromatic N) is 1. The number of aryl methyl sites for hydroxylation is 1. The highest BCUT2D eigenvalue weighted by Gasteiger charge is 1.98. The van der Waals surface area contributed by atoms with Gasteiger partial charge in [0.05, 0.1) is 0 Å². The normalized spacial score (nSPS) is 10.0. The molecule has 0 aliphatic heterocycles. The van der Waals surface area contributed by atoms with Gasteiger partial charge >= 0.3 is 0 Å². The second-order valence-electron chi connectivity index (χ2n) is 3.55. The molecule has 0 aliphatic rings. The topological polar surface area (TPSA) is 24.9 Å². The fourth-order valence-corrected chi connectivity index (χ4v) is 1.57. The van der Waals surface area contributed by atoms with Crippen LogP contribution in [0, 0.1) is 6.92 Å². The minimum atomic E-state index is 0.897. The molecule has 0 fully saturated rings. The van der Waals surface area contributed by atoms with E-state index in [-0.39, 0.29) is 0 Å². The highest BCUT2D eigenvalue weighted by molar-refractivity contribution is 5.66. The van der Waals surface area contributed by atoms with Gasteiger partial charge in [-0.1, -0.05) is 29.8 Å². The third-order valence-electron chi connectivity index (χ3n) is 2.37. The Kier molecular flexibility index (Phi) is 2.68. The van der Waals surface area contributed by atoms with Gasteiger partial charge in [0.1, 0.15) is 5.82 Å². The van der Waals surface area contributed by atoms with E-state index in [1.165, 1.54) is 16.7 Å². The van der Waals surface area contributed by atoms with Crippen molar-refractivity contribution in [1.29, 1.82) is 0 Å². The Labute approximate surface area is 90.0 Å². The zero-order valence-corrected chi connectivity index (χ0v) is 8.99. The van der Waals surface area contributed by atoms with Gasteiger partial charge in [-0.05, 0) is 30.2 Å². The molecular formula is C13H14N2. The second-order valence-corrected chi connectivity index (χ2v) is 3.55. The van der Waals surface area contributed by atoms with Crippen molar-refractivity contribution in [3.05, 3.63) is 48.2 Å². The van der Waals surface area contributed by atoms with Gasteiger partial charge in [0, 0.05) is 13.2 Å². The van der Waals surface area contributed by atoms with Crippen molar-refractivity contribution in [3.63, 3.8) is 0 Å². The smallest absolute Gasteiger partial charge is 0.126 e. The van der Waals surface area contributed by atoms with Crippen molar-refractivity contribution < 1.29 is 0 Å². The molecule has 0 aliphatic carbocycles. The average Bonchev–Trinajstić information content (AvgIpc) is 2.29. The summed E-state index contributed by atoms with van der Waals surface area (Å²) in [5, 5.41) is 3.04. The lowest BCUT2D eigenvalue weighted by Gasteiger charge is -2.04. The fourth-order valence-electron chi connectivity index (χ4n) is 1.57. The van der Waals surface area contributed by atoms with Crippen LogP contribution in [-0.2, 0) is 0 Å². The zero-order chi connectivity index (χ0) is 10.7.